The van der Waals surface area contributed by atoms with Gasteiger partial charge >= 0.3 is 0 Å². The third-order valence-corrected chi connectivity index (χ3v) is 1.19. The normalized spacial score (nSPS) is 12.6. The second-order valence-corrected chi connectivity index (χ2v) is 3.04. The summed E-state index contributed by atoms with van der Waals surface area (Å²) in [6, 6.07) is 0. The Balaban J connectivity index is 4.11. The average molecular weight is 166 g/mol. The molecule has 12 heavy (non-hydrogen) atoms. The zero-order valence-corrected chi connectivity index (χ0v) is 8.42. The van der Waals surface area contributed by atoms with E-state index in [4.69, 9.17) is 4.74 Å². The third-order valence-electron chi connectivity index (χ3n) is 1.19. The van der Waals surface area contributed by atoms with Crippen LogP contribution in [0.25, 0.3) is 0 Å². The molecule has 0 saturated heterocycles. The van der Waals surface area contributed by atoms with Crippen LogP contribution in [0.5, 0.6) is 0 Å². The third kappa shape index (κ3) is 5.78. The van der Waals surface area contributed by atoms with E-state index in [0.29, 0.717) is 0 Å². The summed E-state index contributed by atoms with van der Waals surface area (Å²) in [7, 11) is 0. The zero-order valence-electron chi connectivity index (χ0n) is 8.42. The molecular formula is C11H18O. The summed E-state index contributed by atoms with van der Waals surface area (Å²) in [5, 5.41) is 0. The summed E-state index contributed by atoms with van der Waals surface area (Å²) in [5.74, 6) is 0.896. The minimum atomic E-state index is 0.228. The van der Waals surface area contributed by atoms with Crippen LogP contribution in [0.3, 0.4) is 0 Å². The van der Waals surface area contributed by atoms with E-state index in [0.717, 1.165) is 11.3 Å². The summed E-state index contributed by atoms with van der Waals surface area (Å²) in [5.41, 5.74) is 1.03. The van der Waals surface area contributed by atoms with Gasteiger partial charge in [0, 0.05) is 0 Å². The topological polar surface area (TPSA) is 9.23 Å². The van der Waals surface area contributed by atoms with Crippen LogP contribution in [-0.2, 0) is 4.74 Å². The Hall–Kier alpha value is -0.980. The van der Waals surface area contributed by atoms with Gasteiger partial charge < -0.3 is 4.74 Å². The molecule has 0 aliphatic carbocycles. The van der Waals surface area contributed by atoms with Gasteiger partial charge in [-0.2, -0.15) is 0 Å². The Labute approximate surface area is 75.4 Å². The van der Waals surface area contributed by atoms with Crippen LogP contribution in [-0.4, -0.2) is 6.10 Å². The molecule has 0 aromatic rings. The molecule has 1 nitrogen and oxygen atoms in total. The van der Waals surface area contributed by atoms with E-state index in [9.17, 15) is 0 Å². The summed E-state index contributed by atoms with van der Waals surface area (Å²) in [6.45, 7) is 11.7. The lowest BCUT2D eigenvalue weighted by atomic mass is 10.3. The Morgan fingerprint density at radius 1 is 1.33 bits per heavy atom. The molecule has 68 valence electrons. The predicted octanol–water partition coefficient (Wildman–Crippen LogP) is 3.45. The molecule has 0 fully saturated rings. The summed E-state index contributed by atoms with van der Waals surface area (Å²) in [4.78, 5) is 0. The summed E-state index contributed by atoms with van der Waals surface area (Å²) >= 11 is 0. The first-order valence-corrected chi connectivity index (χ1v) is 4.22. The van der Waals surface area contributed by atoms with Crippen molar-refractivity contribution in [3.8, 4) is 0 Å². The van der Waals surface area contributed by atoms with E-state index in [1.54, 1.807) is 0 Å². The molecule has 0 aromatic heterocycles. The summed E-state index contributed by atoms with van der Waals surface area (Å²) in [6.07, 6.45) is 6.05. The van der Waals surface area contributed by atoms with E-state index in [1.807, 2.05) is 45.9 Å². The monoisotopic (exact) mass is 166 g/mol. The maximum atomic E-state index is 5.48. The van der Waals surface area contributed by atoms with E-state index in [1.165, 1.54) is 0 Å². The fraction of sp³-hybridized carbons (Fsp3) is 0.455. The van der Waals surface area contributed by atoms with Gasteiger partial charge in [0.2, 0.25) is 0 Å². The van der Waals surface area contributed by atoms with Crippen LogP contribution in [0.15, 0.2) is 36.1 Å². The van der Waals surface area contributed by atoms with Crippen molar-refractivity contribution in [1.29, 1.82) is 0 Å². The number of hydrogen-bond acceptors (Lipinski definition) is 1. The number of ether oxygens (including phenoxy) is 1. The quantitative estimate of drug-likeness (QED) is 0.459. The molecule has 0 rings (SSSR count). The Kier molecular flexibility index (Phi) is 5.18. The molecule has 0 aliphatic rings. The van der Waals surface area contributed by atoms with Gasteiger partial charge in [0.1, 0.15) is 5.76 Å². The SMILES string of the molecule is C=C(C)/C=C\C(=C/C)OC(C)C. The van der Waals surface area contributed by atoms with Gasteiger partial charge in [-0.05, 0) is 39.8 Å². The smallest absolute Gasteiger partial charge is 0.115 e. The molecule has 0 heterocycles. The van der Waals surface area contributed by atoms with Crippen molar-refractivity contribution in [3.05, 3.63) is 36.1 Å². The minimum absolute atomic E-state index is 0.228. The van der Waals surface area contributed by atoms with Gasteiger partial charge in [-0.1, -0.05) is 18.2 Å². The van der Waals surface area contributed by atoms with Gasteiger partial charge in [-0.25, -0.2) is 0 Å². The lowest BCUT2D eigenvalue weighted by Crippen LogP contribution is -2.00. The minimum Gasteiger partial charge on any atom is -0.491 e. The van der Waals surface area contributed by atoms with Gasteiger partial charge in [0.25, 0.3) is 0 Å². The predicted molar refractivity (Wildman–Crippen MR) is 53.9 cm³/mol. The highest BCUT2D eigenvalue weighted by molar-refractivity contribution is 5.20. The van der Waals surface area contributed by atoms with Crippen molar-refractivity contribution in [2.45, 2.75) is 33.8 Å². The molecule has 0 atom stereocenters. The molecule has 0 aromatic carbocycles. The van der Waals surface area contributed by atoms with E-state index < -0.39 is 0 Å². The molecule has 0 radical (unpaired) electrons. The van der Waals surface area contributed by atoms with Gasteiger partial charge in [-0.15, -0.1) is 0 Å². The van der Waals surface area contributed by atoms with Crippen LogP contribution in [0, 0.1) is 0 Å². The van der Waals surface area contributed by atoms with E-state index >= 15 is 0 Å². The fourth-order valence-corrected chi connectivity index (χ4v) is 0.700. The Morgan fingerprint density at radius 3 is 2.25 bits per heavy atom. The molecule has 0 bridgehead atoms. The van der Waals surface area contributed by atoms with Crippen LogP contribution in [0.2, 0.25) is 0 Å². The second-order valence-electron chi connectivity index (χ2n) is 3.04. The Bertz CT molecular complexity index is 197. The van der Waals surface area contributed by atoms with Crippen LogP contribution < -0.4 is 0 Å². The van der Waals surface area contributed by atoms with Crippen LogP contribution in [0.1, 0.15) is 27.7 Å². The first kappa shape index (κ1) is 11.0. The molecule has 0 aliphatic heterocycles. The highest BCUT2D eigenvalue weighted by atomic mass is 16.5. The molecule has 0 saturated carbocycles. The van der Waals surface area contributed by atoms with E-state index in [-0.39, 0.29) is 6.10 Å². The highest BCUT2D eigenvalue weighted by Gasteiger charge is 1.94. The van der Waals surface area contributed by atoms with Crippen molar-refractivity contribution < 1.29 is 4.74 Å². The average Bonchev–Trinajstić information content (AvgIpc) is 1.97. The second kappa shape index (κ2) is 5.64. The molecular weight excluding hydrogens is 148 g/mol. The molecule has 0 N–H and O–H groups in total. The Morgan fingerprint density at radius 2 is 1.92 bits per heavy atom. The molecule has 0 spiro atoms. The highest BCUT2D eigenvalue weighted by Crippen LogP contribution is 2.05. The van der Waals surface area contributed by atoms with Crippen molar-refractivity contribution in [2.75, 3.05) is 0 Å². The van der Waals surface area contributed by atoms with E-state index in [2.05, 4.69) is 6.58 Å². The van der Waals surface area contributed by atoms with Crippen LogP contribution in [0.4, 0.5) is 0 Å². The lowest BCUT2D eigenvalue weighted by molar-refractivity contribution is 0.157. The van der Waals surface area contributed by atoms with Gasteiger partial charge in [-0.3, -0.25) is 0 Å². The number of allylic oxidation sites excluding steroid dienone is 4. The first-order chi connectivity index (χ1) is 5.56. The van der Waals surface area contributed by atoms with Crippen LogP contribution >= 0.6 is 0 Å². The molecule has 1 heteroatoms. The van der Waals surface area contributed by atoms with Crippen molar-refractivity contribution in [2.24, 2.45) is 0 Å². The molecule has 0 unspecified atom stereocenters. The lowest BCUT2D eigenvalue weighted by Gasteiger charge is -2.09. The van der Waals surface area contributed by atoms with Crippen molar-refractivity contribution in [3.63, 3.8) is 0 Å². The van der Waals surface area contributed by atoms with Crippen molar-refractivity contribution >= 4 is 0 Å². The maximum Gasteiger partial charge on any atom is 0.115 e. The number of hydrogen-bond donors (Lipinski definition) is 0. The zero-order chi connectivity index (χ0) is 9.56. The largest absolute Gasteiger partial charge is 0.491 e. The standard InChI is InChI=1S/C11H18O/c1-6-11(12-10(4)5)8-7-9(2)3/h6-8,10H,2H2,1,3-5H3/b8-7-,11-6+. The maximum absolute atomic E-state index is 5.48. The van der Waals surface area contributed by atoms with Gasteiger partial charge in [0.05, 0.1) is 6.10 Å². The summed E-state index contributed by atoms with van der Waals surface area (Å²) < 4.78 is 5.48. The number of rotatable bonds is 4. The van der Waals surface area contributed by atoms with Crippen molar-refractivity contribution in [1.82, 2.24) is 0 Å². The molecule has 0 amide bonds. The first-order valence-electron chi connectivity index (χ1n) is 4.22. The van der Waals surface area contributed by atoms with Gasteiger partial charge in [0.15, 0.2) is 0 Å². The fourth-order valence-electron chi connectivity index (χ4n) is 0.700.